The van der Waals surface area contributed by atoms with Gasteiger partial charge in [-0.1, -0.05) is 32.0 Å². The van der Waals surface area contributed by atoms with Gasteiger partial charge in [0.15, 0.2) is 11.4 Å². The highest BCUT2D eigenvalue weighted by Gasteiger charge is 2.79. The van der Waals surface area contributed by atoms with Crippen LogP contribution in [0.15, 0.2) is 41.5 Å². The van der Waals surface area contributed by atoms with Crippen LogP contribution in [0.2, 0.25) is 0 Å². The Morgan fingerprint density at radius 1 is 1.05 bits per heavy atom. The number of ketones is 1. The first-order valence-corrected chi connectivity index (χ1v) is 13.3. The third-order valence-electron chi connectivity index (χ3n) is 10.0. The SMILES string of the molecule is CC(=O)OC12COC1CC(O)C1(C)C(=O)C(O)C3=C(C)C(O)C(O)C(O)(C(OC(=O)c4ccccc4)C21)C3(C)C. The minimum Gasteiger partial charge on any atom is -0.455 e. The molecule has 0 aromatic heterocycles. The molecule has 1 aliphatic heterocycles. The number of aliphatic hydroxyl groups is 5. The van der Waals surface area contributed by atoms with Gasteiger partial charge in [0, 0.05) is 18.8 Å². The van der Waals surface area contributed by atoms with E-state index >= 15 is 0 Å². The molecule has 3 fully saturated rings. The molecule has 10 atom stereocenters. The summed E-state index contributed by atoms with van der Waals surface area (Å²) in [4.78, 5) is 40.3. The van der Waals surface area contributed by atoms with Gasteiger partial charge in [0.25, 0.3) is 0 Å². The maximum absolute atomic E-state index is 14.3. The van der Waals surface area contributed by atoms with Crippen LogP contribution in [0.3, 0.4) is 0 Å². The summed E-state index contributed by atoms with van der Waals surface area (Å²) in [6, 6.07) is 7.83. The van der Waals surface area contributed by atoms with Crippen LogP contribution >= 0.6 is 0 Å². The zero-order chi connectivity index (χ0) is 29.6. The van der Waals surface area contributed by atoms with Crippen LogP contribution < -0.4 is 0 Å². The van der Waals surface area contributed by atoms with E-state index in [2.05, 4.69) is 0 Å². The number of aliphatic hydroxyl groups excluding tert-OH is 4. The van der Waals surface area contributed by atoms with Gasteiger partial charge in [-0.25, -0.2) is 4.79 Å². The topological polar surface area (TPSA) is 180 Å². The van der Waals surface area contributed by atoms with Crippen molar-refractivity contribution in [2.75, 3.05) is 6.61 Å². The highest BCUT2D eigenvalue weighted by atomic mass is 16.6. The van der Waals surface area contributed by atoms with Crippen molar-refractivity contribution in [3.63, 3.8) is 0 Å². The van der Waals surface area contributed by atoms with Gasteiger partial charge in [-0.15, -0.1) is 0 Å². The second kappa shape index (κ2) is 9.17. The monoisotopic (exact) mass is 560 g/mol. The number of benzene rings is 1. The van der Waals surface area contributed by atoms with Crippen LogP contribution in [-0.4, -0.2) is 97.7 Å². The zero-order valence-electron chi connectivity index (χ0n) is 23.0. The molecule has 40 heavy (non-hydrogen) atoms. The Morgan fingerprint density at radius 2 is 1.68 bits per heavy atom. The van der Waals surface area contributed by atoms with Gasteiger partial charge in [0.1, 0.15) is 36.1 Å². The number of fused-ring (bicyclic) bond motifs is 5. The molecule has 0 spiro atoms. The Balaban J connectivity index is 1.85. The Labute approximate surface area is 231 Å². The van der Waals surface area contributed by atoms with Crippen LogP contribution in [0.1, 0.15) is 51.4 Å². The quantitative estimate of drug-likeness (QED) is 0.249. The third-order valence-corrected chi connectivity index (χ3v) is 10.0. The van der Waals surface area contributed by atoms with Crippen molar-refractivity contribution < 1.29 is 54.1 Å². The molecule has 11 heteroatoms. The predicted molar refractivity (Wildman–Crippen MR) is 137 cm³/mol. The first kappa shape index (κ1) is 28.8. The molecule has 218 valence electrons. The number of carbonyl (C=O) groups excluding carboxylic acids is 3. The highest BCUT2D eigenvalue weighted by Crippen LogP contribution is 2.63. The summed E-state index contributed by atoms with van der Waals surface area (Å²) in [5.41, 5.74) is -7.76. The maximum Gasteiger partial charge on any atom is 0.338 e. The van der Waals surface area contributed by atoms with Crippen molar-refractivity contribution >= 4 is 17.7 Å². The van der Waals surface area contributed by atoms with Gasteiger partial charge in [0.05, 0.1) is 29.6 Å². The standard InChI is InChI=1S/C29H36O11/c1-13-18-20(33)22(34)27(5)16(31)11-17-28(12-38-17,40-14(2)30)21(27)24(39-25(36)15-9-7-6-8-10-15)29(37,26(18,3)4)23(35)19(13)32/h6-10,16-17,19-21,23-24,31-33,35,37H,11-12H2,1-5H3. The van der Waals surface area contributed by atoms with Gasteiger partial charge < -0.3 is 39.7 Å². The molecule has 4 aliphatic rings. The van der Waals surface area contributed by atoms with Crippen molar-refractivity contribution in [1.82, 2.24) is 0 Å². The van der Waals surface area contributed by atoms with Gasteiger partial charge in [-0.2, -0.15) is 0 Å². The van der Waals surface area contributed by atoms with E-state index in [0.29, 0.717) is 0 Å². The maximum atomic E-state index is 14.3. The fraction of sp³-hybridized carbons (Fsp3) is 0.621. The van der Waals surface area contributed by atoms with E-state index < -0.39 is 82.3 Å². The lowest BCUT2D eigenvalue weighted by molar-refractivity contribution is -0.352. The fourth-order valence-electron chi connectivity index (χ4n) is 7.79. The highest BCUT2D eigenvalue weighted by molar-refractivity contribution is 5.94. The Morgan fingerprint density at radius 3 is 2.23 bits per heavy atom. The lowest BCUT2D eigenvalue weighted by atomic mass is 9.44. The van der Waals surface area contributed by atoms with Crippen molar-refractivity contribution in [1.29, 1.82) is 0 Å². The molecule has 5 N–H and O–H groups in total. The van der Waals surface area contributed by atoms with E-state index in [1.54, 1.807) is 18.2 Å². The molecule has 5 rings (SSSR count). The van der Waals surface area contributed by atoms with E-state index in [4.69, 9.17) is 14.2 Å². The van der Waals surface area contributed by atoms with Crippen LogP contribution in [0, 0.1) is 16.7 Å². The molecule has 1 aromatic rings. The Kier molecular flexibility index (Phi) is 6.61. The first-order valence-electron chi connectivity index (χ1n) is 13.3. The average molecular weight is 561 g/mol. The first-order chi connectivity index (χ1) is 18.6. The Hall–Kier alpha value is -2.67. The van der Waals surface area contributed by atoms with Gasteiger partial charge in [-0.05, 0) is 37.1 Å². The van der Waals surface area contributed by atoms with E-state index in [9.17, 15) is 39.9 Å². The second-order valence-corrected chi connectivity index (χ2v) is 12.3. The summed E-state index contributed by atoms with van der Waals surface area (Å²) in [6.45, 7) is 6.63. The summed E-state index contributed by atoms with van der Waals surface area (Å²) in [5, 5.41) is 58.3. The lowest BCUT2D eigenvalue weighted by Crippen LogP contribution is -2.83. The van der Waals surface area contributed by atoms with E-state index in [0.717, 1.165) is 6.92 Å². The Bertz CT molecular complexity index is 1270. The molecule has 2 bridgehead atoms. The summed E-state index contributed by atoms with van der Waals surface area (Å²) in [7, 11) is 0. The average Bonchev–Trinajstić information content (AvgIpc) is 2.90. The number of hydrogen-bond acceptors (Lipinski definition) is 11. The molecular weight excluding hydrogens is 524 g/mol. The minimum absolute atomic E-state index is 0.0565. The fourth-order valence-corrected chi connectivity index (χ4v) is 7.79. The van der Waals surface area contributed by atoms with Gasteiger partial charge in [0.2, 0.25) is 0 Å². The zero-order valence-corrected chi connectivity index (χ0v) is 23.0. The molecular formula is C29H36O11. The molecule has 0 radical (unpaired) electrons. The molecule has 1 heterocycles. The normalized spacial score (nSPS) is 43.9. The van der Waals surface area contributed by atoms with Gasteiger partial charge in [-0.3, -0.25) is 9.59 Å². The van der Waals surface area contributed by atoms with Crippen LogP contribution in [-0.2, 0) is 23.8 Å². The number of esters is 2. The summed E-state index contributed by atoms with van der Waals surface area (Å²) in [5.74, 6) is -4.04. The largest absolute Gasteiger partial charge is 0.455 e. The summed E-state index contributed by atoms with van der Waals surface area (Å²) >= 11 is 0. The number of carbonyl (C=O) groups is 3. The lowest BCUT2D eigenvalue weighted by Gasteiger charge is -2.67. The molecule has 11 nitrogen and oxygen atoms in total. The van der Waals surface area contributed by atoms with Crippen LogP contribution in [0.5, 0.6) is 0 Å². The van der Waals surface area contributed by atoms with E-state index in [1.807, 2.05) is 0 Å². The van der Waals surface area contributed by atoms with Crippen LogP contribution in [0.25, 0.3) is 0 Å². The van der Waals surface area contributed by atoms with E-state index in [1.165, 1.54) is 39.8 Å². The second-order valence-electron chi connectivity index (χ2n) is 12.3. The smallest absolute Gasteiger partial charge is 0.338 e. The third kappa shape index (κ3) is 3.48. The molecule has 2 saturated carbocycles. The van der Waals surface area contributed by atoms with Crippen molar-refractivity contribution in [2.24, 2.45) is 16.7 Å². The number of ether oxygens (including phenoxy) is 3. The van der Waals surface area contributed by atoms with Crippen molar-refractivity contribution in [3.05, 3.63) is 47.0 Å². The molecule has 3 aliphatic carbocycles. The summed E-state index contributed by atoms with van der Waals surface area (Å²) in [6.07, 6.45) is -10.1. The number of Topliss-reactive ketones (excluding diaryl/α,β-unsaturated/α-hetero) is 1. The number of hydrogen-bond donors (Lipinski definition) is 5. The molecule has 1 saturated heterocycles. The number of rotatable bonds is 3. The molecule has 0 amide bonds. The van der Waals surface area contributed by atoms with Crippen LogP contribution in [0.4, 0.5) is 0 Å². The van der Waals surface area contributed by atoms with E-state index in [-0.39, 0.29) is 29.7 Å². The van der Waals surface area contributed by atoms with Crippen molar-refractivity contribution in [3.8, 4) is 0 Å². The predicted octanol–water partition coefficient (Wildman–Crippen LogP) is 0.0526. The van der Waals surface area contributed by atoms with Crippen molar-refractivity contribution in [2.45, 2.75) is 88.9 Å². The molecule has 10 unspecified atom stereocenters. The minimum atomic E-state index is -2.55. The van der Waals surface area contributed by atoms with Gasteiger partial charge >= 0.3 is 11.9 Å². The summed E-state index contributed by atoms with van der Waals surface area (Å²) < 4.78 is 17.5. The molecule has 1 aromatic carbocycles.